The predicted molar refractivity (Wildman–Crippen MR) is 102 cm³/mol. The standard InChI is InChI=1S/C17H14ClF3N6O2S/c1-10(14-24-9-25-27(14)16-22-3-2-4-23-16)26-15(28)11-5-12(18)7-13(6-11)30(29)8-17(19,20)21/h2-7,9-10H,8H2,1H3,(H,26,28)/t10-,30?/m1/s1. The van der Waals surface area contributed by atoms with Gasteiger partial charge in [0, 0.05) is 35.1 Å². The van der Waals surface area contributed by atoms with E-state index in [-0.39, 0.29) is 21.4 Å². The molecule has 0 aliphatic rings. The number of aromatic nitrogens is 5. The number of benzene rings is 1. The lowest BCUT2D eigenvalue weighted by atomic mass is 10.2. The maximum Gasteiger partial charge on any atom is 0.433 e. The third kappa shape index (κ3) is 5.46. The van der Waals surface area contributed by atoms with Crippen LogP contribution < -0.4 is 5.32 Å². The Morgan fingerprint density at radius 1 is 1.27 bits per heavy atom. The molecular formula is C17H14ClF3N6O2S. The van der Waals surface area contributed by atoms with Gasteiger partial charge >= 0.3 is 6.18 Å². The Morgan fingerprint density at radius 3 is 2.63 bits per heavy atom. The van der Waals surface area contributed by atoms with Crippen molar-refractivity contribution < 1.29 is 22.5 Å². The maximum absolute atomic E-state index is 12.6. The van der Waals surface area contributed by atoms with E-state index >= 15 is 0 Å². The second-order valence-electron chi connectivity index (χ2n) is 6.05. The molecule has 8 nitrogen and oxygen atoms in total. The number of amides is 1. The van der Waals surface area contributed by atoms with Gasteiger partial charge in [-0.25, -0.2) is 15.0 Å². The van der Waals surface area contributed by atoms with E-state index in [1.165, 1.54) is 29.5 Å². The van der Waals surface area contributed by atoms with E-state index in [0.717, 1.165) is 12.1 Å². The minimum atomic E-state index is -4.62. The van der Waals surface area contributed by atoms with Gasteiger partial charge in [-0.15, -0.1) is 0 Å². The maximum atomic E-state index is 12.6. The highest BCUT2D eigenvalue weighted by Crippen LogP contribution is 2.26. The minimum absolute atomic E-state index is 0.0123. The lowest BCUT2D eigenvalue weighted by molar-refractivity contribution is -0.106. The van der Waals surface area contributed by atoms with Gasteiger partial charge < -0.3 is 9.87 Å². The van der Waals surface area contributed by atoms with Gasteiger partial charge in [0.1, 0.15) is 6.33 Å². The highest BCUT2D eigenvalue weighted by molar-refractivity contribution is 7.91. The number of nitrogens with zero attached hydrogens (tertiary/aromatic N) is 5. The molecule has 3 rings (SSSR count). The van der Waals surface area contributed by atoms with E-state index in [2.05, 4.69) is 25.4 Å². The molecule has 0 saturated heterocycles. The molecule has 2 heterocycles. The molecule has 0 saturated carbocycles. The zero-order valence-corrected chi connectivity index (χ0v) is 16.9. The van der Waals surface area contributed by atoms with Crippen LogP contribution in [0.3, 0.4) is 0 Å². The highest BCUT2D eigenvalue weighted by atomic mass is 35.5. The molecular weight excluding hydrogens is 445 g/mol. The van der Waals surface area contributed by atoms with Crippen LogP contribution in [0.2, 0.25) is 5.02 Å². The number of hydrogen-bond acceptors (Lipinski definition) is 6. The van der Waals surface area contributed by atoms with Crippen LogP contribution in [-0.2, 0) is 11.2 Å². The summed E-state index contributed by atoms with van der Waals surface area (Å²) < 4.78 is 50.9. The molecule has 0 fully saturated rings. The Hall–Kier alpha value is -2.70. The quantitative estimate of drug-likeness (QED) is 0.569. The topological polar surface area (TPSA) is 109 Å². The van der Waals surface area contributed by atoms with Crippen molar-refractivity contribution in [2.45, 2.75) is 24.0 Å². The van der Waals surface area contributed by atoms with Crippen molar-refractivity contribution in [2.24, 2.45) is 0 Å². The molecule has 0 radical (unpaired) electrons. The van der Waals surface area contributed by atoms with E-state index in [1.54, 1.807) is 13.0 Å². The number of alkyl halides is 3. The molecule has 13 heteroatoms. The van der Waals surface area contributed by atoms with Crippen LogP contribution in [-0.4, -0.2) is 47.1 Å². The van der Waals surface area contributed by atoms with Gasteiger partial charge in [-0.2, -0.15) is 23.0 Å². The first kappa shape index (κ1) is 22.0. The van der Waals surface area contributed by atoms with Crippen molar-refractivity contribution >= 4 is 28.7 Å². The molecule has 1 N–H and O–H groups in total. The van der Waals surface area contributed by atoms with Gasteiger partial charge in [0.05, 0.1) is 6.04 Å². The fourth-order valence-corrected chi connectivity index (χ4v) is 3.78. The number of halogens is 4. The molecule has 0 aliphatic carbocycles. The van der Waals surface area contributed by atoms with E-state index < -0.39 is 35.1 Å². The normalized spacial score (nSPS) is 13.7. The lowest BCUT2D eigenvalue weighted by Crippen LogP contribution is -2.29. The molecule has 2 aromatic heterocycles. The number of rotatable bonds is 6. The third-order valence-corrected chi connectivity index (χ3v) is 5.31. The fraction of sp³-hybridized carbons (Fsp3) is 0.235. The summed E-state index contributed by atoms with van der Waals surface area (Å²) in [5.41, 5.74) is -0.0399. The summed E-state index contributed by atoms with van der Waals surface area (Å²) in [4.78, 5) is 24.7. The van der Waals surface area contributed by atoms with E-state index in [4.69, 9.17) is 11.6 Å². The molecule has 1 aromatic carbocycles. The zero-order valence-electron chi connectivity index (χ0n) is 15.3. The van der Waals surface area contributed by atoms with Gasteiger partial charge in [-0.1, -0.05) is 11.6 Å². The van der Waals surface area contributed by atoms with E-state index in [9.17, 15) is 22.5 Å². The van der Waals surface area contributed by atoms with Crippen LogP contribution in [0.1, 0.15) is 29.1 Å². The van der Waals surface area contributed by atoms with E-state index in [0.29, 0.717) is 5.82 Å². The minimum Gasteiger partial charge on any atom is -0.611 e. The Labute approximate surface area is 176 Å². The summed E-state index contributed by atoms with van der Waals surface area (Å²) in [6, 6.07) is 4.48. The van der Waals surface area contributed by atoms with Crippen molar-refractivity contribution in [2.75, 3.05) is 5.75 Å². The van der Waals surface area contributed by atoms with Gasteiger partial charge in [-0.05, 0) is 30.2 Å². The SMILES string of the molecule is C[C@@H](NC(=O)c1cc(Cl)cc([S+]([O-])CC(F)(F)F)c1)c1ncnn1-c1ncccn1. The van der Waals surface area contributed by atoms with E-state index in [1.807, 2.05) is 0 Å². The number of carbonyl (C=O) groups excluding carboxylic acids is 1. The average molecular weight is 459 g/mol. The zero-order chi connectivity index (χ0) is 21.9. The first-order valence-electron chi connectivity index (χ1n) is 8.38. The molecule has 0 spiro atoms. The first-order valence-corrected chi connectivity index (χ1v) is 10.1. The number of nitrogens with one attached hydrogen (secondary N) is 1. The largest absolute Gasteiger partial charge is 0.611 e. The molecule has 1 unspecified atom stereocenters. The summed E-state index contributed by atoms with van der Waals surface area (Å²) in [5.74, 6) is -1.60. The van der Waals surface area contributed by atoms with Crippen LogP contribution in [0.15, 0.2) is 47.9 Å². The molecule has 2 atom stereocenters. The lowest BCUT2D eigenvalue weighted by Gasteiger charge is -2.16. The van der Waals surface area contributed by atoms with Crippen molar-refractivity contribution in [1.82, 2.24) is 30.0 Å². The van der Waals surface area contributed by atoms with Crippen molar-refractivity contribution in [1.29, 1.82) is 0 Å². The van der Waals surface area contributed by atoms with Gasteiger partial charge in [-0.3, -0.25) is 4.79 Å². The molecule has 158 valence electrons. The van der Waals surface area contributed by atoms with Crippen molar-refractivity contribution in [3.8, 4) is 5.95 Å². The monoisotopic (exact) mass is 458 g/mol. The Balaban J connectivity index is 1.79. The Bertz CT molecular complexity index is 1030. The second-order valence-corrected chi connectivity index (χ2v) is 7.94. The summed E-state index contributed by atoms with van der Waals surface area (Å²) in [6.45, 7) is 1.63. The number of hydrogen-bond donors (Lipinski definition) is 1. The Morgan fingerprint density at radius 2 is 1.97 bits per heavy atom. The van der Waals surface area contributed by atoms with Crippen molar-refractivity contribution in [3.05, 3.63) is 59.4 Å². The van der Waals surface area contributed by atoms with Gasteiger partial charge in [0.15, 0.2) is 10.7 Å². The smallest absolute Gasteiger partial charge is 0.433 e. The van der Waals surface area contributed by atoms with Crippen LogP contribution in [0, 0.1) is 0 Å². The summed E-state index contributed by atoms with van der Waals surface area (Å²) in [6.07, 6.45) is -0.308. The van der Waals surface area contributed by atoms with Crippen LogP contribution in [0.4, 0.5) is 13.2 Å². The molecule has 3 aromatic rings. The summed E-state index contributed by atoms with van der Waals surface area (Å²) in [7, 11) is 0. The van der Waals surface area contributed by atoms with Crippen LogP contribution in [0.5, 0.6) is 0 Å². The third-order valence-electron chi connectivity index (χ3n) is 3.74. The number of carbonyl (C=O) groups is 1. The average Bonchev–Trinajstić information content (AvgIpc) is 3.17. The predicted octanol–water partition coefficient (Wildman–Crippen LogP) is 2.87. The Kier molecular flexibility index (Phi) is 6.58. The molecule has 0 aliphatic heterocycles. The van der Waals surface area contributed by atoms with Crippen molar-refractivity contribution in [3.63, 3.8) is 0 Å². The molecule has 1 amide bonds. The molecule has 0 bridgehead atoms. The van der Waals surface area contributed by atoms with Crippen LogP contribution in [0.25, 0.3) is 5.95 Å². The van der Waals surface area contributed by atoms with Gasteiger partial charge in [0.25, 0.3) is 11.9 Å². The van der Waals surface area contributed by atoms with Gasteiger partial charge in [0.2, 0.25) is 5.75 Å². The summed E-state index contributed by atoms with van der Waals surface area (Å²) >= 11 is 3.52. The highest BCUT2D eigenvalue weighted by Gasteiger charge is 2.36. The fourth-order valence-electron chi connectivity index (χ4n) is 2.50. The van der Waals surface area contributed by atoms with Crippen LogP contribution >= 0.6 is 11.6 Å². The second kappa shape index (κ2) is 8.98. The summed E-state index contributed by atoms with van der Waals surface area (Å²) in [5, 5.41) is 6.67. The molecule has 30 heavy (non-hydrogen) atoms. The first-order chi connectivity index (χ1) is 14.1.